The number of aromatic nitrogens is 1. The number of nitro groups is 1. The lowest BCUT2D eigenvalue weighted by Crippen LogP contribution is -2.31. The van der Waals surface area contributed by atoms with Crippen molar-refractivity contribution in [2.75, 3.05) is 23.6 Å². The second-order valence-corrected chi connectivity index (χ2v) is 4.93. The van der Waals surface area contributed by atoms with Crippen LogP contribution in [-0.2, 0) is 0 Å². The minimum Gasteiger partial charge on any atom is -0.395 e. The van der Waals surface area contributed by atoms with E-state index >= 15 is 0 Å². The number of hydrogen-bond acceptors (Lipinski definition) is 8. The average Bonchev–Trinajstić information content (AvgIpc) is 2.39. The monoisotopic (exact) mass is 287 g/mol. The molecule has 0 aliphatic rings. The number of nitrogens with two attached hydrogens (primary N) is 1. The van der Waals surface area contributed by atoms with E-state index in [2.05, 4.69) is 15.7 Å². The molecule has 0 radical (unpaired) electrons. The van der Waals surface area contributed by atoms with Crippen molar-refractivity contribution in [1.82, 2.24) is 4.98 Å². The van der Waals surface area contributed by atoms with Gasteiger partial charge < -0.3 is 15.8 Å². The Labute approximate surface area is 114 Å². The van der Waals surface area contributed by atoms with Gasteiger partial charge in [-0.3, -0.25) is 10.1 Å². The second-order valence-electron chi connectivity index (χ2n) is 3.86. The molecular formula is C10H17N5O3S. The molecule has 1 rings (SSSR count). The van der Waals surface area contributed by atoms with E-state index in [0.717, 1.165) is 0 Å². The van der Waals surface area contributed by atoms with Gasteiger partial charge in [0.2, 0.25) is 5.82 Å². The molecule has 19 heavy (non-hydrogen) atoms. The molecule has 0 saturated heterocycles. The molecule has 1 aromatic rings. The Morgan fingerprint density at radius 2 is 2.32 bits per heavy atom. The van der Waals surface area contributed by atoms with Gasteiger partial charge in [0.15, 0.2) is 0 Å². The molecule has 0 aliphatic heterocycles. The van der Waals surface area contributed by atoms with E-state index in [1.165, 1.54) is 23.9 Å². The number of nitrogens with one attached hydrogen (secondary N) is 2. The first-order valence-electron chi connectivity index (χ1n) is 5.55. The Hall–Kier alpha value is -1.58. The van der Waals surface area contributed by atoms with Crippen molar-refractivity contribution in [3.63, 3.8) is 0 Å². The summed E-state index contributed by atoms with van der Waals surface area (Å²) in [5, 5.41) is 23.0. The lowest BCUT2D eigenvalue weighted by molar-refractivity contribution is -0.384. The van der Waals surface area contributed by atoms with Gasteiger partial charge in [0.25, 0.3) is 0 Å². The standard InChI is InChI=1S/C10H17N5O3S/c1-6(8(5-16)19-2)12-10-7(15(17)18)3-4-9(13-10)14-11/h3-4,6,8,16H,5,11H2,1-2H3,(H2,12,13,14). The van der Waals surface area contributed by atoms with Crippen LogP contribution in [0.25, 0.3) is 0 Å². The molecule has 2 atom stereocenters. The number of nitrogens with zero attached hydrogens (tertiary/aromatic N) is 2. The van der Waals surface area contributed by atoms with Crippen LogP contribution in [0.5, 0.6) is 0 Å². The first-order chi connectivity index (χ1) is 9.03. The number of anilines is 2. The van der Waals surface area contributed by atoms with Crippen LogP contribution in [0.15, 0.2) is 12.1 Å². The molecule has 1 aromatic heterocycles. The van der Waals surface area contributed by atoms with E-state index in [1.807, 2.05) is 13.2 Å². The Morgan fingerprint density at radius 1 is 1.63 bits per heavy atom. The van der Waals surface area contributed by atoms with Crippen LogP contribution in [0.3, 0.4) is 0 Å². The summed E-state index contributed by atoms with van der Waals surface area (Å²) in [5.74, 6) is 5.68. The number of hydrazine groups is 1. The maximum atomic E-state index is 10.9. The Kier molecular flexibility index (Phi) is 5.80. The van der Waals surface area contributed by atoms with E-state index in [9.17, 15) is 15.2 Å². The summed E-state index contributed by atoms with van der Waals surface area (Å²) >= 11 is 1.47. The fourth-order valence-corrected chi connectivity index (χ4v) is 2.16. The van der Waals surface area contributed by atoms with Crippen molar-refractivity contribution < 1.29 is 10.0 Å². The number of pyridine rings is 1. The number of rotatable bonds is 7. The molecule has 0 fully saturated rings. The molecule has 8 nitrogen and oxygen atoms in total. The van der Waals surface area contributed by atoms with Crippen LogP contribution in [0.1, 0.15) is 6.92 Å². The predicted molar refractivity (Wildman–Crippen MR) is 76.2 cm³/mol. The summed E-state index contributed by atoms with van der Waals surface area (Å²) in [6.45, 7) is 1.79. The van der Waals surface area contributed by atoms with E-state index < -0.39 is 4.92 Å². The van der Waals surface area contributed by atoms with Crippen LogP contribution in [0.2, 0.25) is 0 Å². The van der Waals surface area contributed by atoms with Crippen molar-refractivity contribution in [2.45, 2.75) is 18.2 Å². The van der Waals surface area contributed by atoms with E-state index in [-0.39, 0.29) is 29.4 Å². The highest BCUT2D eigenvalue weighted by Gasteiger charge is 2.21. The topological polar surface area (TPSA) is 126 Å². The van der Waals surface area contributed by atoms with Gasteiger partial charge in [-0.15, -0.1) is 0 Å². The molecule has 0 aromatic carbocycles. The van der Waals surface area contributed by atoms with Crippen molar-refractivity contribution in [3.05, 3.63) is 22.2 Å². The third-order valence-electron chi connectivity index (χ3n) is 2.62. The first kappa shape index (κ1) is 15.5. The zero-order valence-corrected chi connectivity index (χ0v) is 11.5. The minimum absolute atomic E-state index is 0.0298. The first-order valence-corrected chi connectivity index (χ1v) is 6.84. The van der Waals surface area contributed by atoms with Crippen LogP contribution in [0.4, 0.5) is 17.3 Å². The average molecular weight is 287 g/mol. The number of aliphatic hydroxyl groups excluding tert-OH is 1. The van der Waals surface area contributed by atoms with Crippen LogP contribution >= 0.6 is 11.8 Å². The third-order valence-corrected chi connectivity index (χ3v) is 3.79. The van der Waals surface area contributed by atoms with Gasteiger partial charge in [0.05, 0.1) is 11.5 Å². The smallest absolute Gasteiger partial charge is 0.311 e. The molecule has 1 heterocycles. The van der Waals surface area contributed by atoms with E-state index in [0.29, 0.717) is 5.82 Å². The summed E-state index contributed by atoms with van der Waals surface area (Å²) in [6.07, 6.45) is 1.86. The maximum Gasteiger partial charge on any atom is 0.311 e. The molecule has 0 amide bonds. The van der Waals surface area contributed by atoms with Gasteiger partial charge in [-0.1, -0.05) is 0 Å². The highest BCUT2D eigenvalue weighted by Crippen LogP contribution is 2.25. The molecule has 9 heteroatoms. The van der Waals surface area contributed by atoms with Crippen molar-refractivity contribution >= 4 is 29.1 Å². The fourth-order valence-electron chi connectivity index (χ4n) is 1.53. The number of thioether (sulfide) groups is 1. The molecule has 2 unspecified atom stereocenters. The minimum atomic E-state index is -0.518. The molecule has 5 N–H and O–H groups in total. The molecular weight excluding hydrogens is 270 g/mol. The maximum absolute atomic E-state index is 10.9. The van der Waals surface area contributed by atoms with Gasteiger partial charge in [0, 0.05) is 17.4 Å². The van der Waals surface area contributed by atoms with Gasteiger partial charge in [-0.2, -0.15) is 11.8 Å². The number of aliphatic hydroxyl groups is 1. The zero-order valence-electron chi connectivity index (χ0n) is 10.7. The number of nitrogen functional groups attached to an aromatic ring is 1. The van der Waals surface area contributed by atoms with E-state index in [1.54, 1.807) is 0 Å². The Balaban J connectivity index is 3.00. The summed E-state index contributed by atoms with van der Waals surface area (Å²) in [6, 6.07) is 2.57. The highest BCUT2D eigenvalue weighted by atomic mass is 32.2. The van der Waals surface area contributed by atoms with Crippen LogP contribution < -0.4 is 16.6 Å². The van der Waals surface area contributed by atoms with Crippen LogP contribution in [0, 0.1) is 10.1 Å². The summed E-state index contributed by atoms with van der Waals surface area (Å²) in [4.78, 5) is 14.4. The Bertz CT molecular complexity index is 441. The molecule has 0 saturated carbocycles. The second kappa shape index (κ2) is 7.12. The summed E-state index contributed by atoms with van der Waals surface area (Å²) in [7, 11) is 0. The van der Waals surface area contributed by atoms with Crippen molar-refractivity contribution in [2.24, 2.45) is 5.84 Å². The molecule has 0 aliphatic carbocycles. The molecule has 106 valence electrons. The quantitative estimate of drug-likeness (QED) is 0.329. The van der Waals surface area contributed by atoms with Crippen molar-refractivity contribution in [3.8, 4) is 0 Å². The third kappa shape index (κ3) is 3.94. The van der Waals surface area contributed by atoms with Gasteiger partial charge >= 0.3 is 5.69 Å². The lowest BCUT2D eigenvalue weighted by Gasteiger charge is -2.21. The van der Waals surface area contributed by atoms with Crippen LogP contribution in [-0.4, -0.2) is 39.2 Å². The van der Waals surface area contributed by atoms with Crippen molar-refractivity contribution in [1.29, 1.82) is 0 Å². The molecule has 0 bridgehead atoms. The highest BCUT2D eigenvalue weighted by molar-refractivity contribution is 7.99. The van der Waals surface area contributed by atoms with E-state index in [4.69, 9.17) is 5.84 Å². The fraction of sp³-hybridized carbons (Fsp3) is 0.500. The van der Waals surface area contributed by atoms with Gasteiger partial charge in [-0.25, -0.2) is 10.8 Å². The zero-order chi connectivity index (χ0) is 14.4. The lowest BCUT2D eigenvalue weighted by atomic mass is 10.2. The Morgan fingerprint density at radius 3 is 2.79 bits per heavy atom. The SMILES string of the molecule is CSC(CO)C(C)Nc1nc(NN)ccc1[N+](=O)[O-]. The largest absolute Gasteiger partial charge is 0.395 e. The summed E-state index contributed by atoms with van der Waals surface area (Å²) in [5.41, 5.74) is 2.20. The van der Waals surface area contributed by atoms with Gasteiger partial charge in [0.1, 0.15) is 5.82 Å². The van der Waals surface area contributed by atoms with Gasteiger partial charge in [-0.05, 0) is 19.2 Å². The molecule has 0 spiro atoms. The normalized spacial score (nSPS) is 13.7. The number of hydrogen-bond donors (Lipinski definition) is 4. The summed E-state index contributed by atoms with van der Waals surface area (Å²) < 4.78 is 0. The predicted octanol–water partition coefficient (Wildman–Crippen LogP) is 0.800.